The van der Waals surface area contributed by atoms with Crippen molar-refractivity contribution in [1.29, 1.82) is 0 Å². The zero-order valence-corrected chi connectivity index (χ0v) is 49.1. The molecule has 440 valence electrons. The number of carboxylic acids is 1. The summed E-state index contributed by atoms with van der Waals surface area (Å²) in [6.45, 7) is 14.9. The molecule has 1 N–H and O–H groups in total. The highest BCUT2D eigenvalue weighted by atomic mass is 16.5. The van der Waals surface area contributed by atoms with Crippen LogP contribution in [0.4, 0.5) is 0 Å². The normalized spacial score (nSPS) is 17.4. The lowest BCUT2D eigenvalue weighted by Gasteiger charge is -2.45. The lowest BCUT2D eigenvalue weighted by Crippen LogP contribution is -2.55. The Balaban J connectivity index is 0.000000294. The van der Waals surface area contributed by atoms with Crippen molar-refractivity contribution in [3.05, 3.63) is 107 Å². The number of aliphatic carboxylic acids is 1. The number of rotatable bonds is 29. The van der Waals surface area contributed by atoms with Gasteiger partial charge in [-0.1, -0.05) is 24.3 Å². The first-order valence-electron chi connectivity index (χ1n) is 27.9. The second kappa shape index (κ2) is 33.2. The highest BCUT2D eigenvalue weighted by molar-refractivity contribution is 5.96. The Hall–Kier alpha value is -6.60. The molecule has 0 bridgehead atoms. The minimum Gasteiger partial charge on any atom is -0.497 e. The van der Waals surface area contributed by atoms with Gasteiger partial charge in [-0.2, -0.15) is 0 Å². The van der Waals surface area contributed by atoms with Crippen molar-refractivity contribution in [2.45, 2.75) is 135 Å². The van der Waals surface area contributed by atoms with Crippen LogP contribution in [-0.4, -0.2) is 173 Å². The zero-order chi connectivity index (χ0) is 58.1. The van der Waals surface area contributed by atoms with E-state index < -0.39 is 5.97 Å². The fourth-order valence-corrected chi connectivity index (χ4v) is 10.6. The van der Waals surface area contributed by atoms with Crippen LogP contribution in [0.1, 0.15) is 118 Å². The maximum atomic E-state index is 14.0. The van der Waals surface area contributed by atoms with E-state index in [-0.39, 0.29) is 60.5 Å². The number of carbonyl (C=O) groups excluding carboxylic acids is 3. The molecule has 0 aromatic heterocycles. The summed E-state index contributed by atoms with van der Waals surface area (Å²) in [6, 6.07) is 26.2. The molecular formula is C62H88N4O14. The molecule has 2 saturated heterocycles. The van der Waals surface area contributed by atoms with Gasteiger partial charge in [0.05, 0.1) is 61.1 Å². The molecule has 2 heterocycles. The summed E-state index contributed by atoms with van der Waals surface area (Å²) in [5.41, 5.74) is 3.27. The van der Waals surface area contributed by atoms with Crippen molar-refractivity contribution in [2.24, 2.45) is 0 Å². The second-order valence-electron chi connectivity index (χ2n) is 20.7. The van der Waals surface area contributed by atoms with Gasteiger partial charge >= 0.3 is 11.9 Å². The number of hydrogen-bond acceptors (Lipinski definition) is 15. The van der Waals surface area contributed by atoms with Crippen molar-refractivity contribution in [1.82, 2.24) is 19.6 Å². The van der Waals surface area contributed by atoms with E-state index in [1.807, 2.05) is 92.9 Å². The molecule has 0 saturated carbocycles. The van der Waals surface area contributed by atoms with Crippen LogP contribution in [0, 0.1) is 0 Å². The molecule has 18 heteroatoms. The summed E-state index contributed by atoms with van der Waals surface area (Å²) in [5.74, 6) is 2.65. The number of carbonyl (C=O) groups is 4. The Bertz CT molecular complexity index is 2530. The van der Waals surface area contributed by atoms with Crippen molar-refractivity contribution in [2.75, 3.05) is 88.8 Å². The molecule has 2 unspecified atom stereocenters. The van der Waals surface area contributed by atoms with Gasteiger partial charge in [-0.25, -0.2) is 0 Å². The number of benzene rings is 4. The van der Waals surface area contributed by atoms with Crippen LogP contribution in [0.2, 0.25) is 0 Å². The molecule has 6 rings (SSSR count). The highest BCUT2D eigenvalue weighted by Gasteiger charge is 2.38. The Kier molecular flexibility index (Phi) is 26.7. The van der Waals surface area contributed by atoms with Gasteiger partial charge in [0.1, 0.15) is 11.5 Å². The summed E-state index contributed by atoms with van der Waals surface area (Å²) in [4.78, 5) is 60.4. The standard InChI is InChI=1S/C32H46N2O7.C30H42N2O7/c1-7-40-31(35)20-26-12-13-27(22-33(26)21-24-9-14-28(38-5)15-10-24)34(23(2)3)32(36)25-11-16-29(39-6)30(19-25)41-18-8-17-37-4;1-21(2)32(30(35)23-9-14-27(38-5)28(17-23)39-16-6-15-36-3)25-11-10-24(18-29(33)34)31(20-25)19-22-7-12-26(37-4)13-8-22/h9-11,14-16,19,23,26-27H,7-8,12-13,17-18,20-22H2,1-6H3;7-9,12-14,17,21,24-25H,6,10-11,15-16,18-20H2,1-5H3,(H,33,34)/t26-,27?;24-,25?/m00/s1. The molecule has 4 aromatic carbocycles. The average molecular weight is 1110 g/mol. The lowest BCUT2D eigenvalue weighted by atomic mass is 9.93. The van der Waals surface area contributed by atoms with Crippen LogP contribution in [0.25, 0.3) is 0 Å². The van der Waals surface area contributed by atoms with Gasteiger partial charge in [-0.15, -0.1) is 0 Å². The van der Waals surface area contributed by atoms with Gasteiger partial charge in [0.25, 0.3) is 11.8 Å². The first-order chi connectivity index (χ1) is 38.6. The molecule has 2 aliphatic heterocycles. The molecule has 80 heavy (non-hydrogen) atoms. The van der Waals surface area contributed by atoms with E-state index in [1.165, 1.54) is 0 Å². The van der Waals surface area contributed by atoms with Crippen LogP contribution < -0.4 is 28.4 Å². The molecule has 4 atom stereocenters. The number of nitrogens with zero attached hydrogens (tertiary/aromatic N) is 4. The van der Waals surface area contributed by atoms with E-state index in [0.717, 1.165) is 54.7 Å². The van der Waals surface area contributed by atoms with Crippen LogP contribution >= 0.6 is 0 Å². The molecule has 0 radical (unpaired) electrons. The third-order valence-corrected chi connectivity index (χ3v) is 14.5. The van der Waals surface area contributed by atoms with Gasteiger partial charge in [-0.05, 0) is 132 Å². The Labute approximate surface area is 474 Å². The van der Waals surface area contributed by atoms with E-state index in [0.29, 0.717) is 106 Å². The number of hydrogen-bond donors (Lipinski definition) is 1. The minimum absolute atomic E-state index is 0.0210. The van der Waals surface area contributed by atoms with Crippen LogP contribution in [0.3, 0.4) is 0 Å². The monoisotopic (exact) mass is 1110 g/mol. The number of ether oxygens (including phenoxy) is 9. The summed E-state index contributed by atoms with van der Waals surface area (Å²) in [6.07, 6.45) is 4.86. The molecule has 2 amide bonds. The SMILES string of the molecule is CCOC(=O)C[C@@H]1CCC(N(C(=O)c2ccc(OC)c(OCCCOC)c2)C(C)C)CN1Cc1ccc(OC)cc1.COCCCOc1cc(C(=O)N(C(C)C)C2CC[C@@H](CC(=O)O)N(Cc3ccc(OC)cc3)C2)ccc1OC. The number of carboxylic acid groups (broad SMARTS) is 1. The number of likely N-dealkylation sites (tertiary alicyclic amines) is 2. The van der Waals surface area contributed by atoms with Crippen LogP contribution in [-0.2, 0) is 36.9 Å². The van der Waals surface area contributed by atoms with Gasteiger partial charge in [0.15, 0.2) is 23.0 Å². The topological polar surface area (TPSA) is 185 Å². The number of amides is 2. The molecule has 2 aliphatic rings. The predicted molar refractivity (Wildman–Crippen MR) is 307 cm³/mol. The van der Waals surface area contributed by atoms with E-state index in [1.54, 1.807) is 79.1 Å². The van der Waals surface area contributed by atoms with Crippen molar-refractivity contribution in [3.8, 4) is 34.5 Å². The fraction of sp³-hybridized carbons (Fsp3) is 0.548. The van der Waals surface area contributed by atoms with E-state index in [4.69, 9.17) is 42.6 Å². The number of piperidine rings is 2. The van der Waals surface area contributed by atoms with Crippen molar-refractivity contribution in [3.63, 3.8) is 0 Å². The number of methoxy groups -OCH3 is 6. The maximum absolute atomic E-state index is 14.0. The van der Waals surface area contributed by atoms with E-state index >= 15 is 0 Å². The Morgan fingerprint density at radius 3 is 1.30 bits per heavy atom. The molecule has 4 aromatic rings. The third-order valence-electron chi connectivity index (χ3n) is 14.5. The zero-order valence-electron chi connectivity index (χ0n) is 49.1. The van der Waals surface area contributed by atoms with Gasteiger partial charge in [0, 0.05) is 114 Å². The minimum atomic E-state index is -0.814. The van der Waals surface area contributed by atoms with Crippen LogP contribution in [0.5, 0.6) is 34.5 Å². The smallest absolute Gasteiger partial charge is 0.307 e. The van der Waals surface area contributed by atoms with Crippen LogP contribution in [0.15, 0.2) is 84.9 Å². The van der Waals surface area contributed by atoms with Gasteiger partial charge in [-0.3, -0.25) is 29.0 Å². The maximum Gasteiger partial charge on any atom is 0.307 e. The highest BCUT2D eigenvalue weighted by Crippen LogP contribution is 2.34. The quantitative estimate of drug-likeness (QED) is 0.0400. The summed E-state index contributed by atoms with van der Waals surface area (Å²) in [5, 5.41) is 9.54. The number of esters is 1. The summed E-state index contributed by atoms with van der Waals surface area (Å²) < 4.78 is 48.8. The molecule has 0 spiro atoms. The Morgan fingerprint density at radius 2 is 0.950 bits per heavy atom. The summed E-state index contributed by atoms with van der Waals surface area (Å²) in [7, 11) is 9.74. The van der Waals surface area contributed by atoms with E-state index in [2.05, 4.69) is 9.80 Å². The molecule has 2 fully saturated rings. The molecule has 18 nitrogen and oxygen atoms in total. The summed E-state index contributed by atoms with van der Waals surface area (Å²) >= 11 is 0. The average Bonchev–Trinajstić information content (AvgIpc) is 3.44. The first kappa shape index (κ1) is 64.2. The van der Waals surface area contributed by atoms with Gasteiger partial charge < -0.3 is 57.5 Å². The second-order valence-corrected chi connectivity index (χ2v) is 20.7. The molecular weight excluding hydrogens is 1020 g/mol. The first-order valence-corrected chi connectivity index (χ1v) is 27.9. The Morgan fingerprint density at radius 1 is 0.537 bits per heavy atom. The lowest BCUT2D eigenvalue weighted by molar-refractivity contribution is -0.145. The predicted octanol–water partition coefficient (Wildman–Crippen LogP) is 9.43. The van der Waals surface area contributed by atoms with Crippen molar-refractivity contribution < 1.29 is 66.9 Å². The van der Waals surface area contributed by atoms with Gasteiger partial charge in [0.2, 0.25) is 0 Å². The van der Waals surface area contributed by atoms with E-state index in [9.17, 15) is 24.3 Å². The molecule has 0 aliphatic carbocycles. The van der Waals surface area contributed by atoms with Crippen molar-refractivity contribution >= 4 is 23.8 Å². The fourth-order valence-electron chi connectivity index (χ4n) is 10.6. The largest absolute Gasteiger partial charge is 0.497 e. The third kappa shape index (κ3) is 19.0.